The fraction of sp³-hybridized carbons (Fsp3) is 0.105. The third kappa shape index (κ3) is 3.74. The average molecular weight is 345 g/mol. The van der Waals surface area contributed by atoms with Crippen molar-refractivity contribution in [3.05, 3.63) is 71.5 Å². The number of phenolic OH excluding ortho intramolecular Hbond substituents is 1. The number of hydrogen-bond donors (Lipinski definition) is 1. The monoisotopic (exact) mass is 345 g/mol. The first kappa shape index (κ1) is 16.8. The minimum absolute atomic E-state index is 0.0102. The van der Waals surface area contributed by atoms with Crippen molar-refractivity contribution < 1.29 is 22.7 Å². The number of aromatic hydroxyl groups is 1. The molecular weight excluding hydrogens is 331 g/mol. The van der Waals surface area contributed by atoms with Gasteiger partial charge in [-0.25, -0.2) is 4.99 Å². The molecule has 0 atom stereocenters. The van der Waals surface area contributed by atoms with E-state index in [1.54, 1.807) is 12.1 Å². The van der Waals surface area contributed by atoms with E-state index in [-0.39, 0.29) is 22.8 Å². The molecule has 6 heteroatoms. The number of nitrogens with zero attached hydrogens (tertiary/aromatic N) is 1. The molecule has 128 valence electrons. The van der Waals surface area contributed by atoms with Crippen molar-refractivity contribution >= 4 is 11.9 Å². The molecule has 0 radical (unpaired) electrons. The Morgan fingerprint density at radius 1 is 1.04 bits per heavy atom. The normalized spacial score (nSPS) is 12.0. The molecule has 0 fully saturated rings. The van der Waals surface area contributed by atoms with Crippen LogP contribution < -0.4 is 0 Å². The number of alkyl halides is 3. The predicted octanol–water partition coefficient (Wildman–Crippen LogP) is 5.73. The van der Waals surface area contributed by atoms with Gasteiger partial charge in [0.2, 0.25) is 0 Å². The van der Waals surface area contributed by atoms with Crippen molar-refractivity contribution in [2.24, 2.45) is 4.99 Å². The number of aryl methyl sites for hydroxylation is 1. The van der Waals surface area contributed by atoms with Crippen molar-refractivity contribution in [2.45, 2.75) is 13.1 Å². The number of furan rings is 1. The molecule has 1 N–H and O–H groups in total. The number of aliphatic imine (C=N–C) groups is 1. The SMILES string of the molecule is Cc1ccc(O)c(N=Cc2ccc(-c3ccccc3C(F)(F)F)o2)c1. The predicted molar refractivity (Wildman–Crippen MR) is 89.2 cm³/mol. The molecule has 0 aliphatic carbocycles. The zero-order valence-corrected chi connectivity index (χ0v) is 13.2. The van der Waals surface area contributed by atoms with Gasteiger partial charge in [-0.15, -0.1) is 0 Å². The van der Waals surface area contributed by atoms with Gasteiger partial charge in [-0.1, -0.05) is 24.3 Å². The van der Waals surface area contributed by atoms with Crippen LogP contribution in [0.2, 0.25) is 0 Å². The van der Waals surface area contributed by atoms with Crippen LogP contribution in [0.4, 0.5) is 18.9 Å². The Bertz CT molecular complexity index is 926. The number of benzene rings is 2. The summed E-state index contributed by atoms with van der Waals surface area (Å²) < 4.78 is 44.8. The molecule has 1 aromatic heterocycles. The first-order chi connectivity index (χ1) is 11.8. The second kappa shape index (κ2) is 6.47. The summed E-state index contributed by atoms with van der Waals surface area (Å²) in [6, 6.07) is 13.2. The summed E-state index contributed by atoms with van der Waals surface area (Å²) in [5.74, 6) is 0.395. The Morgan fingerprint density at radius 3 is 2.56 bits per heavy atom. The van der Waals surface area contributed by atoms with Gasteiger partial charge in [0, 0.05) is 5.56 Å². The lowest BCUT2D eigenvalue weighted by Gasteiger charge is -2.10. The largest absolute Gasteiger partial charge is 0.506 e. The lowest BCUT2D eigenvalue weighted by molar-refractivity contribution is -0.137. The Morgan fingerprint density at radius 2 is 1.80 bits per heavy atom. The zero-order valence-electron chi connectivity index (χ0n) is 13.2. The van der Waals surface area contributed by atoms with E-state index < -0.39 is 11.7 Å². The van der Waals surface area contributed by atoms with Gasteiger partial charge in [0.15, 0.2) is 0 Å². The molecule has 25 heavy (non-hydrogen) atoms. The van der Waals surface area contributed by atoms with Crippen molar-refractivity contribution in [3.8, 4) is 17.1 Å². The summed E-state index contributed by atoms with van der Waals surface area (Å²) in [5, 5.41) is 9.75. The van der Waals surface area contributed by atoms with E-state index in [2.05, 4.69) is 4.99 Å². The molecule has 0 amide bonds. The minimum atomic E-state index is -4.47. The summed E-state index contributed by atoms with van der Waals surface area (Å²) in [4.78, 5) is 4.12. The summed E-state index contributed by atoms with van der Waals surface area (Å²) in [5.41, 5.74) is 0.482. The third-order valence-corrected chi connectivity index (χ3v) is 3.59. The quantitative estimate of drug-likeness (QED) is 0.616. The molecule has 3 nitrogen and oxygen atoms in total. The van der Waals surface area contributed by atoms with Crippen LogP contribution in [0, 0.1) is 6.92 Å². The molecule has 3 rings (SSSR count). The van der Waals surface area contributed by atoms with E-state index in [9.17, 15) is 18.3 Å². The van der Waals surface area contributed by atoms with Gasteiger partial charge >= 0.3 is 6.18 Å². The molecular formula is C19H14F3NO2. The maximum atomic E-state index is 13.1. The summed E-state index contributed by atoms with van der Waals surface area (Å²) >= 11 is 0. The van der Waals surface area contributed by atoms with E-state index in [0.29, 0.717) is 5.69 Å². The lowest BCUT2D eigenvalue weighted by Crippen LogP contribution is -2.06. The van der Waals surface area contributed by atoms with E-state index in [0.717, 1.165) is 11.6 Å². The maximum absolute atomic E-state index is 13.1. The van der Waals surface area contributed by atoms with Crippen LogP contribution in [0.3, 0.4) is 0 Å². The fourth-order valence-electron chi connectivity index (χ4n) is 2.38. The van der Waals surface area contributed by atoms with Crippen LogP contribution in [-0.2, 0) is 6.18 Å². The van der Waals surface area contributed by atoms with Crippen LogP contribution in [0.15, 0.2) is 64.0 Å². The van der Waals surface area contributed by atoms with Crippen LogP contribution in [0.25, 0.3) is 11.3 Å². The van der Waals surface area contributed by atoms with Crippen LogP contribution in [0.1, 0.15) is 16.9 Å². The van der Waals surface area contributed by atoms with Gasteiger partial charge in [-0.2, -0.15) is 13.2 Å². The van der Waals surface area contributed by atoms with E-state index in [4.69, 9.17) is 4.42 Å². The number of phenols is 1. The Balaban J connectivity index is 1.92. The molecule has 0 aliphatic rings. The highest BCUT2D eigenvalue weighted by atomic mass is 19.4. The fourth-order valence-corrected chi connectivity index (χ4v) is 2.38. The molecule has 1 heterocycles. The van der Waals surface area contributed by atoms with Crippen molar-refractivity contribution in [1.29, 1.82) is 0 Å². The smallest absolute Gasteiger partial charge is 0.417 e. The number of hydrogen-bond acceptors (Lipinski definition) is 3. The molecule has 3 aromatic rings. The summed E-state index contributed by atoms with van der Waals surface area (Å²) in [6.07, 6.45) is -3.11. The Hall–Kier alpha value is -3.02. The van der Waals surface area contributed by atoms with E-state index in [1.807, 2.05) is 6.92 Å². The summed E-state index contributed by atoms with van der Waals surface area (Å²) in [7, 11) is 0. The van der Waals surface area contributed by atoms with Crippen LogP contribution in [0.5, 0.6) is 5.75 Å². The molecule has 0 unspecified atom stereocenters. The zero-order chi connectivity index (χ0) is 18.0. The van der Waals surface area contributed by atoms with E-state index in [1.165, 1.54) is 42.6 Å². The second-order valence-electron chi connectivity index (χ2n) is 5.50. The molecule has 2 aromatic carbocycles. The molecule has 0 spiro atoms. The summed E-state index contributed by atoms with van der Waals surface area (Å²) in [6.45, 7) is 1.86. The molecule has 0 saturated heterocycles. The Kier molecular flexibility index (Phi) is 4.35. The van der Waals surface area contributed by atoms with Crippen molar-refractivity contribution in [3.63, 3.8) is 0 Å². The van der Waals surface area contributed by atoms with E-state index >= 15 is 0 Å². The first-order valence-electron chi connectivity index (χ1n) is 7.45. The van der Waals surface area contributed by atoms with Gasteiger partial charge < -0.3 is 9.52 Å². The number of rotatable bonds is 3. The first-order valence-corrected chi connectivity index (χ1v) is 7.45. The van der Waals surface area contributed by atoms with Gasteiger partial charge in [0.1, 0.15) is 23.0 Å². The topological polar surface area (TPSA) is 45.7 Å². The Labute approximate surface area is 142 Å². The second-order valence-corrected chi connectivity index (χ2v) is 5.50. The third-order valence-electron chi connectivity index (χ3n) is 3.59. The van der Waals surface area contributed by atoms with Crippen molar-refractivity contribution in [2.75, 3.05) is 0 Å². The molecule has 0 bridgehead atoms. The van der Waals surface area contributed by atoms with Crippen molar-refractivity contribution in [1.82, 2.24) is 0 Å². The number of halogens is 3. The van der Waals surface area contributed by atoms with Gasteiger partial charge in [0.05, 0.1) is 11.8 Å². The van der Waals surface area contributed by atoms with Gasteiger partial charge in [0.25, 0.3) is 0 Å². The average Bonchev–Trinajstić information content (AvgIpc) is 3.04. The minimum Gasteiger partial charge on any atom is -0.506 e. The van der Waals surface area contributed by atoms with Crippen LogP contribution >= 0.6 is 0 Å². The highest BCUT2D eigenvalue weighted by Crippen LogP contribution is 2.37. The van der Waals surface area contributed by atoms with Gasteiger partial charge in [-0.05, 0) is 42.8 Å². The molecule has 0 aliphatic heterocycles. The standard InChI is InChI=1S/C19H14F3NO2/c1-12-6-8-17(24)16(10-12)23-11-13-7-9-18(25-13)14-4-2-3-5-15(14)19(20,21)22/h2-11,24H,1H3. The molecule has 0 saturated carbocycles. The lowest BCUT2D eigenvalue weighted by atomic mass is 10.1. The maximum Gasteiger partial charge on any atom is 0.417 e. The van der Waals surface area contributed by atoms with Crippen LogP contribution in [-0.4, -0.2) is 11.3 Å². The highest BCUT2D eigenvalue weighted by molar-refractivity contribution is 5.81. The van der Waals surface area contributed by atoms with Gasteiger partial charge in [-0.3, -0.25) is 0 Å². The highest BCUT2D eigenvalue weighted by Gasteiger charge is 2.34.